The molecule has 0 radical (unpaired) electrons. The fourth-order valence-corrected chi connectivity index (χ4v) is 2.12. The highest BCUT2D eigenvalue weighted by Gasteiger charge is 2.22. The zero-order valence-corrected chi connectivity index (χ0v) is 9.83. The third-order valence-corrected chi connectivity index (χ3v) is 3.13. The molecule has 0 aliphatic heterocycles. The maximum absolute atomic E-state index is 11.7. The van der Waals surface area contributed by atoms with Crippen molar-refractivity contribution >= 4 is 5.91 Å². The first kappa shape index (κ1) is 12.5. The summed E-state index contributed by atoms with van der Waals surface area (Å²) in [5, 5.41) is 3.29. The van der Waals surface area contributed by atoms with E-state index >= 15 is 0 Å². The Kier molecular flexibility index (Phi) is 5.05. The van der Waals surface area contributed by atoms with Crippen molar-refractivity contribution in [1.29, 1.82) is 0 Å². The lowest BCUT2D eigenvalue weighted by molar-refractivity contribution is -0.129. The van der Waals surface area contributed by atoms with Crippen LogP contribution in [0, 0.1) is 0 Å². The number of nitrogens with one attached hydrogen (secondary N) is 1. The number of carbonyl (C=O) groups is 1. The predicted octanol–water partition coefficient (Wildman–Crippen LogP) is 0.324. The van der Waals surface area contributed by atoms with Gasteiger partial charge in [0.15, 0.2) is 0 Å². The number of carbonyl (C=O) groups excluding carboxylic acids is 1. The average molecular weight is 213 g/mol. The van der Waals surface area contributed by atoms with E-state index in [4.69, 9.17) is 5.73 Å². The fourth-order valence-electron chi connectivity index (χ4n) is 2.12. The second-order valence-corrected chi connectivity index (χ2v) is 4.22. The van der Waals surface area contributed by atoms with Gasteiger partial charge in [0.25, 0.3) is 0 Å². The molecule has 2 atom stereocenters. The average Bonchev–Trinajstić information content (AvgIpc) is 2.63. The first-order valence-corrected chi connectivity index (χ1v) is 5.94. The molecule has 0 aromatic rings. The van der Waals surface area contributed by atoms with Crippen molar-refractivity contribution in [3.05, 3.63) is 0 Å². The van der Waals surface area contributed by atoms with Gasteiger partial charge >= 0.3 is 0 Å². The Labute approximate surface area is 92.2 Å². The van der Waals surface area contributed by atoms with Crippen molar-refractivity contribution in [2.24, 2.45) is 5.73 Å². The summed E-state index contributed by atoms with van der Waals surface area (Å²) in [7, 11) is 0. The largest absolute Gasteiger partial charge is 0.342 e. The third kappa shape index (κ3) is 3.80. The Hall–Kier alpha value is -0.610. The van der Waals surface area contributed by atoms with E-state index < -0.39 is 0 Å². The fraction of sp³-hybridized carbons (Fsp3) is 0.909. The zero-order valence-electron chi connectivity index (χ0n) is 9.83. The van der Waals surface area contributed by atoms with Gasteiger partial charge in [0.05, 0.1) is 6.54 Å². The van der Waals surface area contributed by atoms with Gasteiger partial charge in [-0.2, -0.15) is 0 Å². The van der Waals surface area contributed by atoms with Crippen LogP contribution in [0.15, 0.2) is 0 Å². The minimum absolute atomic E-state index is 0.195. The summed E-state index contributed by atoms with van der Waals surface area (Å²) in [5.74, 6) is 0.195. The Morgan fingerprint density at radius 2 is 2.07 bits per heavy atom. The molecule has 0 aromatic heterocycles. The molecule has 1 rings (SSSR count). The van der Waals surface area contributed by atoms with E-state index in [1.54, 1.807) is 0 Å². The molecule has 0 aromatic carbocycles. The molecular weight excluding hydrogens is 190 g/mol. The minimum atomic E-state index is 0.195. The van der Waals surface area contributed by atoms with E-state index in [1.165, 1.54) is 0 Å². The van der Waals surface area contributed by atoms with Gasteiger partial charge < -0.3 is 16.0 Å². The summed E-state index contributed by atoms with van der Waals surface area (Å²) in [6, 6.07) is 0.769. The monoisotopic (exact) mass is 213 g/mol. The minimum Gasteiger partial charge on any atom is -0.342 e. The Bertz CT molecular complexity index is 204. The maximum Gasteiger partial charge on any atom is 0.236 e. The molecule has 0 heterocycles. The van der Waals surface area contributed by atoms with Crippen LogP contribution in [0.25, 0.3) is 0 Å². The van der Waals surface area contributed by atoms with Crippen molar-refractivity contribution in [2.75, 3.05) is 19.6 Å². The molecule has 88 valence electrons. The number of hydrogen-bond donors (Lipinski definition) is 2. The first-order chi connectivity index (χ1) is 7.17. The van der Waals surface area contributed by atoms with Crippen LogP contribution in [-0.2, 0) is 4.79 Å². The standard InChI is InChI=1S/C11H23N3O/c1-3-14(4-2)11(15)8-13-10-6-5-9(12)7-10/h9-10,13H,3-8,12H2,1-2H3. The Balaban J connectivity index is 2.21. The lowest BCUT2D eigenvalue weighted by Gasteiger charge is -2.20. The van der Waals surface area contributed by atoms with Gasteiger partial charge in [-0.25, -0.2) is 0 Å². The molecule has 15 heavy (non-hydrogen) atoms. The van der Waals surface area contributed by atoms with E-state index in [-0.39, 0.29) is 5.91 Å². The summed E-state index contributed by atoms with van der Waals surface area (Å²) < 4.78 is 0. The van der Waals surface area contributed by atoms with Crippen LogP contribution >= 0.6 is 0 Å². The van der Waals surface area contributed by atoms with Crippen LogP contribution in [0.1, 0.15) is 33.1 Å². The molecule has 2 unspecified atom stereocenters. The lowest BCUT2D eigenvalue weighted by atomic mass is 10.2. The highest BCUT2D eigenvalue weighted by Crippen LogP contribution is 2.16. The Morgan fingerprint density at radius 1 is 1.40 bits per heavy atom. The van der Waals surface area contributed by atoms with E-state index in [2.05, 4.69) is 5.32 Å². The SMILES string of the molecule is CCN(CC)C(=O)CNC1CCC(N)C1. The van der Waals surface area contributed by atoms with Gasteiger partial charge in [0, 0.05) is 25.2 Å². The number of likely N-dealkylation sites (N-methyl/N-ethyl adjacent to an activating group) is 1. The highest BCUT2D eigenvalue weighted by atomic mass is 16.2. The van der Waals surface area contributed by atoms with Crippen LogP contribution in [0.5, 0.6) is 0 Å². The van der Waals surface area contributed by atoms with Crippen LogP contribution in [0.4, 0.5) is 0 Å². The number of nitrogens with two attached hydrogens (primary N) is 1. The van der Waals surface area contributed by atoms with Gasteiger partial charge in [-0.3, -0.25) is 4.79 Å². The van der Waals surface area contributed by atoms with Crippen molar-refractivity contribution in [3.8, 4) is 0 Å². The summed E-state index contributed by atoms with van der Waals surface area (Å²) in [5.41, 5.74) is 5.81. The summed E-state index contributed by atoms with van der Waals surface area (Å²) in [6.45, 7) is 6.06. The highest BCUT2D eigenvalue weighted by molar-refractivity contribution is 5.78. The summed E-state index contributed by atoms with van der Waals surface area (Å²) in [4.78, 5) is 13.5. The van der Waals surface area contributed by atoms with Gasteiger partial charge in [-0.1, -0.05) is 0 Å². The second-order valence-electron chi connectivity index (χ2n) is 4.22. The first-order valence-electron chi connectivity index (χ1n) is 5.94. The van der Waals surface area contributed by atoms with Crippen molar-refractivity contribution in [3.63, 3.8) is 0 Å². The van der Waals surface area contributed by atoms with E-state index in [9.17, 15) is 4.79 Å². The van der Waals surface area contributed by atoms with Crippen LogP contribution in [0.3, 0.4) is 0 Å². The van der Waals surface area contributed by atoms with Crippen LogP contribution < -0.4 is 11.1 Å². The molecule has 4 nitrogen and oxygen atoms in total. The maximum atomic E-state index is 11.7. The molecule has 1 saturated carbocycles. The quantitative estimate of drug-likeness (QED) is 0.691. The van der Waals surface area contributed by atoms with Crippen molar-refractivity contribution in [2.45, 2.75) is 45.2 Å². The normalized spacial score (nSPS) is 25.5. The molecule has 1 fully saturated rings. The van der Waals surface area contributed by atoms with Gasteiger partial charge in [0.2, 0.25) is 5.91 Å². The smallest absolute Gasteiger partial charge is 0.236 e. The van der Waals surface area contributed by atoms with E-state index in [0.717, 1.165) is 32.4 Å². The van der Waals surface area contributed by atoms with E-state index in [1.807, 2.05) is 18.7 Å². The number of nitrogens with zero attached hydrogens (tertiary/aromatic N) is 1. The predicted molar refractivity (Wildman–Crippen MR) is 61.5 cm³/mol. The van der Waals surface area contributed by atoms with Gasteiger partial charge in [-0.05, 0) is 33.1 Å². The molecule has 4 heteroatoms. The van der Waals surface area contributed by atoms with E-state index in [0.29, 0.717) is 18.6 Å². The molecule has 3 N–H and O–H groups in total. The van der Waals surface area contributed by atoms with Crippen LogP contribution in [0.2, 0.25) is 0 Å². The molecule has 1 aliphatic carbocycles. The third-order valence-electron chi connectivity index (χ3n) is 3.13. The molecule has 0 saturated heterocycles. The molecule has 0 bridgehead atoms. The molecule has 0 spiro atoms. The molecular formula is C11H23N3O. The molecule has 1 aliphatic rings. The van der Waals surface area contributed by atoms with Gasteiger partial charge in [-0.15, -0.1) is 0 Å². The Morgan fingerprint density at radius 3 is 2.53 bits per heavy atom. The number of rotatable bonds is 5. The molecule has 1 amide bonds. The topological polar surface area (TPSA) is 58.4 Å². The van der Waals surface area contributed by atoms with Gasteiger partial charge in [0.1, 0.15) is 0 Å². The summed E-state index contributed by atoms with van der Waals surface area (Å²) >= 11 is 0. The number of amides is 1. The summed E-state index contributed by atoms with van der Waals surface area (Å²) in [6.07, 6.45) is 3.19. The zero-order chi connectivity index (χ0) is 11.3. The second kappa shape index (κ2) is 6.08. The van der Waals surface area contributed by atoms with Crippen molar-refractivity contribution in [1.82, 2.24) is 10.2 Å². The van der Waals surface area contributed by atoms with Crippen LogP contribution in [-0.4, -0.2) is 42.5 Å². The van der Waals surface area contributed by atoms with Crippen molar-refractivity contribution < 1.29 is 4.79 Å². The lowest BCUT2D eigenvalue weighted by Crippen LogP contribution is -2.41. The number of hydrogen-bond acceptors (Lipinski definition) is 3.